The van der Waals surface area contributed by atoms with E-state index in [-0.39, 0.29) is 0 Å². The summed E-state index contributed by atoms with van der Waals surface area (Å²) < 4.78 is 39.2. The van der Waals surface area contributed by atoms with Crippen molar-refractivity contribution in [3.63, 3.8) is 0 Å². The smallest absolute Gasteiger partial charge is 0.186 e. The fourth-order valence-corrected chi connectivity index (χ4v) is 5.36. The fourth-order valence-electron chi connectivity index (χ4n) is 5.14. The molecule has 6 nitrogen and oxygen atoms in total. The number of alkyl halides is 1. The molecule has 0 aromatic heterocycles. The van der Waals surface area contributed by atoms with Gasteiger partial charge in [-0.25, -0.2) is 0 Å². The van der Waals surface area contributed by atoms with Crippen LogP contribution in [0.25, 0.3) is 0 Å². The molecular weight excluding hydrogens is 620 g/mol. The van der Waals surface area contributed by atoms with Gasteiger partial charge in [-0.1, -0.05) is 137 Å². The zero-order chi connectivity index (χ0) is 30.2. The molecule has 1 heterocycles. The summed E-state index contributed by atoms with van der Waals surface area (Å²) in [5.74, 6) is 0. The summed E-state index contributed by atoms with van der Waals surface area (Å²) in [4.78, 5) is 0. The summed E-state index contributed by atoms with van der Waals surface area (Å²) in [6.07, 6.45) is -1.79. The first-order chi connectivity index (χ1) is 21.8. The van der Waals surface area contributed by atoms with E-state index >= 15 is 0 Å². The Morgan fingerprint density at radius 3 is 1.41 bits per heavy atom. The summed E-state index contributed by atoms with van der Waals surface area (Å²) in [6, 6.07) is 40.5. The lowest BCUT2D eigenvalue weighted by atomic mass is 9.97. The zero-order valence-corrected chi connectivity index (χ0v) is 26.5. The lowest BCUT2D eigenvalue weighted by Crippen LogP contribution is -2.61. The molecule has 7 heteroatoms. The Hall–Kier alpha value is -2.88. The minimum absolute atomic E-state index is 0.309. The second-order valence-corrected chi connectivity index (χ2v) is 11.5. The van der Waals surface area contributed by atoms with Gasteiger partial charge in [-0.15, -0.1) is 0 Å². The van der Waals surface area contributed by atoms with Crippen LogP contribution in [0.1, 0.15) is 28.7 Å². The average Bonchev–Trinajstić information content (AvgIpc) is 3.08. The van der Waals surface area contributed by atoms with E-state index in [9.17, 15) is 0 Å². The predicted octanol–water partition coefficient (Wildman–Crippen LogP) is 7.49. The van der Waals surface area contributed by atoms with Gasteiger partial charge in [0, 0.05) is 5.33 Å². The lowest BCUT2D eigenvalue weighted by molar-refractivity contribution is -0.328. The van der Waals surface area contributed by atoms with Crippen molar-refractivity contribution in [1.82, 2.24) is 0 Å². The molecule has 0 N–H and O–H groups in total. The highest BCUT2D eigenvalue weighted by Crippen LogP contribution is 2.31. The van der Waals surface area contributed by atoms with Crippen molar-refractivity contribution in [2.24, 2.45) is 0 Å². The lowest BCUT2D eigenvalue weighted by Gasteiger charge is -2.46. The highest BCUT2D eigenvalue weighted by molar-refractivity contribution is 9.09. The Balaban J connectivity index is 1.41. The van der Waals surface area contributed by atoms with Crippen molar-refractivity contribution in [2.45, 2.75) is 63.6 Å². The standard InChI is InChI=1S/C37H41BrO6/c38-22-13-23-40-37-36(43-27-32-20-11-4-12-21-32)35(42-26-31-18-9-3-10-19-31)34(41-25-30-16-7-2-8-17-30)33(44-37)28-39-24-29-14-5-1-6-15-29/h1-12,14-21,33-37H,13,22-28H2/t33-,34-,35+,36-,37?/m1/s1. The van der Waals surface area contributed by atoms with Crippen molar-refractivity contribution in [2.75, 3.05) is 18.5 Å². The molecule has 0 radical (unpaired) electrons. The Morgan fingerprint density at radius 2 is 0.932 bits per heavy atom. The Bertz CT molecular complexity index is 1310. The molecule has 4 aromatic rings. The first kappa shape index (κ1) is 32.5. The number of ether oxygens (including phenoxy) is 6. The van der Waals surface area contributed by atoms with E-state index in [1.54, 1.807) is 0 Å². The molecule has 1 unspecified atom stereocenters. The third-order valence-corrected chi connectivity index (χ3v) is 7.96. The van der Waals surface area contributed by atoms with Crippen LogP contribution in [0.4, 0.5) is 0 Å². The van der Waals surface area contributed by atoms with Gasteiger partial charge >= 0.3 is 0 Å². The molecule has 4 aromatic carbocycles. The second-order valence-electron chi connectivity index (χ2n) is 10.7. The molecule has 0 spiro atoms. The van der Waals surface area contributed by atoms with Gasteiger partial charge in [-0.2, -0.15) is 0 Å². The van der Waals surface area contributed by atoms with Crippen molar-refractivity contribution < 1.29 is 28.4 Å². The number of halogens is 1. The minimum atomic E-state index is -0.666. The van der Waals surface area contributed by atoms with Gasteiger partial charge in [-0.3, -0.25) is 0 Å². The number of hydrogen-bond acceptors (Lipinski definition) is 6. The molecule has 1 saturated heterocycles. The predicted molar refractivity (Wildman–Crippen MR) is 174 cm³/mol. The first-order valence-corrected chi connectivity index (χ1v) is 16.3. The Morgan fingerprint density at radius 1 is 0.500 bits per heavy atom. The summed E-state index contributed by atoms with van der Waals surface area (Å²) >= 11 is 3.52. The van der Waals surface area contributed by atoms with Crippen LogP contribution in [0, 0.1) is 0 Å². The van der Waals surface area contributed by atoms with E-state index in [2.05, 4.69) is 52.3 Å². The van der Waals surface area contributed by atoms with Gasteiger partial charge < -0.3 is 28.4 Å². The van der Waals surface area contributed by atoms with Gasteiger partial charge in [-0.05, 0) is 28.7 Å². The monoisotopic (exact) mass is 660 g/mol. The first-order valence-electron chi connectivity index (χ1n) is 15.2. The van der Waals surface area contributed by atoms with Crippen LogP contribution in [-0.4, -0.2) is 49.2 Å². The second kappa shape index (κ2) is 18.2. The molecule has 0 amide bonds. The molecule has 5 rings (SSSR count). The van der Waals surface area contributed by atoms with Crippen LogP contribution in [0.5, 0.6) is 0 Å². The van der Waals surface area contributed by atoms with Crippen LogP contribution in [0.3, 0.4) is 0 Å². The fraction of sp³-hybridized carbons (Fsp3) is 0.351. The van der Waals surface area contributed by atoms with Crippen LogP contribution < -0.4 is 0 Å². The molecule has 0 aliphatic carbocycles. The molecule has 232 valence electrons. The largest absolute Gasteiger partial charge is 0.374 e. The van der Waals surface area contributed by atoms with Gasteiger partial charge in [0.2, 0.25) is 0 Å². The highest BCUT2D eigenvalue weighted by atomic mass is 79.9. The minimum Gasteiger partial charge on any atom is -0.374 e. The molecule has 1 aliphatic heterocycles. The van der Waals surface area contributed by atoms with E-state index in [0.717, 1.165) is 34.0 Å². The van der Waals surface area contributed by atoms with E-state index in [1.807, 2.05) is 84.9 Å². The maximum Gasteiger partial charge on any atom is 0.186 e. The van der Waals surface area contributed by atoms with E-state index in [1.165, 1.54) is 0 Å². The third-order valence-electron chi connectivity index (χ3n) is 7.40. The molecule has 0 saturated carbocycles. The molecule has 1 fully saturated rings. The van der Waals surface area contributed by atoms with Crippen LogP contribution in [-0.2, 0) is 54.8 Å². The van der Waals surface area contributed by atoms with Gasteiger partial charge in [0.1, 0.15) is 24.4 Å². The van der Waals surface area contributed by atoms with Crippen molar-refractivity contribution >= 4 is 15.9 Å². The average molecular weight is 662 g/mol. The van der Waals surface area contributed by atoms with Crippen LogP contribution in [0.15, 0.2) is 121 Å². The van der Waals surface area contributed by atoms with Gasteiger partial charge in [0.15, 0.2) is 6.29 Å². The van der Waals surface area contributed by atoms with Crippen LogP contribution >= 0.6 is 15.9 Å². The SMILES string of the molecule is BrCCCOC1O[C@H](COCc2ccccc2)[C@@H](OCc2ccccc2)[C@H](OCc2ccccc2)[C@H]1OCc1ccccc1. The van der Waals surface area contributed by atoms with E-state index in [0.29, 0.717) is 39.6 Å². The molecule has 44 heavy (non-hydrogen) atoms. The molecule has 5 atom stereocenters. The molecule has 1 aliphatic rings. The highest BCUT2D eigenvalue weighted by Gasteiger charge is 2.49. The summed E-state index contributed by atoms with van der Waals surface area (Å²) in [5.41, 5.74) is 4.28. The van der Waals surface area contributed by atoms with E-state index < -0.39 is 30.7 Å². The number of hydrogen-bond donors (Lipinski definition) is 0. The van der Waals surface area contributed by atoms with Gasteiger partial charge in [0.05, 0.1) is 39.6 Å². The van der Waals surface area contributed by atoms with Crippen LogP contribution in [0.2, 0.25) is 0 Å². The normalized spacial score (nSPS) is 21.7. The molecular formula is C37H41BrO6. The summed E-state index contributed by atoms with van der Waals surface area (Å²) in [6.45, 7) is 2.47. The van der Waals surface area contributed by atoms with Crippen molar-refractivity contribution in [1.29, 1.82) is 0 Å². The molecule has 0 bridgehead atoms. The third kappa shape index (κ3) is 10.1. The van der Waals surface area contributed by atoms with E-state index in [4.69, 9.17) is 28.4 Å². The zero-order valence-electron chi connectivity index (χ0n) is 24.9. The summed E-state index contributed by atoms with van der Waals surface area (Å²) in [7, 11) is 0. The maximum atomic E-state index is 6.73. The Labute approximate surface area is 269 Å². The quantitative estimate of drug-likeness (QED) is 0.0864. The maximum absolute atomic E-state index is 6.73. The Kier molecular flexibility index (Phi) is 13.4. The number of rotatable bonds is 17. The summed E-state index contributed by atoms with van der Waals surface area (Å²) in [5, 5.41) is 0.829. The van der Waals surface area contributed by atoms with Crippen molar-refractivity contribution in [3.8, 4) is 0 Å². The van der Waals surface area contributed by atoms with Gasteiger partial charge in [0.25, 0.3) is 0 Å². The number of benzene rings is 4. The van der Waals surface area contributed by atoms with Crippen molar-refractivity contribution in [3.05, 3.63) is 144 Å². The topological polar surface area (TPSA) is 55.4 Å².